The van der Waals surface area contributed by atoms with Gasteiger partial charge in [0.25, 0.3) is 5.91 Å². The molecule has 0 saturated carbocycles. The zero-order valence-electron chi connectivity index (χ0n) is 14.8. The van der Waals surface area contributed by atoms with Crippen LogP contribution in [0.15, 0.2) is 49.1 Å². The summed E-state index contributed by atoms with van der Waals surface area (Å²) in [6.07, 6.45) is 5.93. The summed E-state index contributed by atoms with van der Waals surface area (Å²) in [6.45, 7) is 4.99. The molecule has 0 bridgehead atoms. The van der Waals surface area contributed by atoms with Crippen molar-refractivity contribution in [3.05, 3.63) is 60.2 Å². The van der Waals surface area contributed by atoms with Gasteiger partial charge in [-0.3, -0.25) is 9.78 Å². The van der Waals surface area contributed by atoms with Gasteiger partial charge in [-0.05, 0) is 37.1 Å². The first-order valence-electron chi connectivity index (χ1n) is 8.88. The molecular weight excluding hydrogens is 326 g/mol. The van der Waals surface area contributed by atoms with E-state index in [1.165, 1.54) is 0 Å². The number of aromatic nitrogens is 3. The molecule has 1 amide bonds. The van der Waals surface area contributed by atoms with Crippen molar-refractivity contribution in [3.8, 4) is 0 Å². The van der Waals surface area contributed by atoms with Crippen LogP contribution in [0.4, 0.5) is 5.82 Å². The monoisotopic (exact) mass is 347 g/mol. The third-order valence-corrected chi connectivity index (χ3v) is 4.73. The number of hydrogen-bond acceptors (Lipinski definition) is 5. The van der Waals surface area contributed by atoms with E-state index in [1.54, 1.807) is 18.7 Å². The minimum absolute atomic E-state index is 0.0515. The number of anilines is 1. The van der Waals surface area contributed by atoms with E-state index in [9.17, 15) is 4.79 Å². The molecule has 1 aromatic carbocycles. The average molecular weight is 347 g/mol. The molecule has 3 heterocycles. The predicted molar refractivity (Wildman–Crippen MR) is 101 cm³/mol. The number of rotatable bonds is 2. The summed E-state index contributed by atoms with van der Waals surface area (Å²) in [7, 11) is 0. The summed E-state index contributed by atoms with van der Waals surface area (Å²) in [5.74, 6) is 0.998. The molecule has 0 N–H and O–H groups in total. The van der Waals surface area contributed by atoms with Crippen molar-refractivity contribution in [1.29, 1.82) is 0 Å². The molecule has 1 fully saturated rings. The van der Waals surface area contributed by atoms with E-state index < -0.39 is 0 Å². The fraction of sp³-hybridized carbons (Fsp3) is 0.300. The zero-order chi connectivity index (χ0) is 17.9. The SMILES string of the molecule is Cc1cncc(C(=O)N2CCCN(c3ncnc4ccccc34)CC2)c1. The molecule has 0 spiro atoms. The quantitative estimate of drug-likeness (QED) is 0.713. The number of para-hydroxylation sites is 1. The lowest BCUT2D eigenvalue weighted by molar-refractivity contribution is 0.0766. The highest BCUT2D eigenvalue weighted by Gasteiger charge is 2.22. The smallest absolute Gasteiger partial charge is 0.255 e. The molecule has 0 unspecified atom stereocenters. The van der Waals surface area contributed by atoms with Gasteiger partial charge in [-0.2, -0.15) is 0 Å². The molecule has 6 nitrogen and oxygen atoms in total. The maximum absolute atomic E-state index is 12.8. The van der Waals surface area contributed by atoms with Crippen LogP contribution in [-0.2, 0) is 0 Å². The van der Waals surface area contributed by atoms with E-state index in [-0.39, 0.29) is 5.91 Å². The number of nitrogens with zero attached hydrogens (tertiary/aromatic N) is 5. The highest BCUT2D eigenvalue weighted by atomic mass is 16.2. The average Bonchev–Trinajstić information content (AvgIpc) is 2.93. The highest BCUT2D eigenvalue weighted by Crippen LogP contribution is 2.23. The Bertz CT molecular complexity index is 937. The predicted octanol–water partition coefficient (Wildman–Crippen LogP) is 2.69. The Labute approximate surface area is 152 Å². The molecule has 0 radical (unpaired) electrons. The van der Waals surface area contributed by atoms with Crippen molar-refractivity contribution < 1.29 is 4.79 Å². The number of carbonyl (C=O) groups excluding carboxylic acids is 1. The molecule has 6 heteroatoms. The summed E-state index contributed by atoms with van der Waals surface area (Å²) in [6, 6.07) is 9.94. The lowest BCUT2D eigenvalue weighted by Gasteiger charge is -2.23. The van der Waals surface area contributed by atoms with Crippen LogP contribution < -0.4 is 4.90 Å². The number of pyridine rings is 1. The first kappa shape index (κ1) is 16.4. The van der Waals surface area contributed by atoms with Gasteiger partial charge in [-0.15, -0.1) is 0 Å². The largest absolute Gasteiger partial charge is 0.354 e. The van der Waals surface area contributed by atoms with E-state index in [2.05, 4.69) is 25.9 Å². The van der Waals surface area contributed by atoms with Gasteiger partial charge in [0.05, 0.1) is 11.1 Å². The van der Waals surface area contributed by atoms with E-state index in [0.29, 0.717) is 12.1 Å². The van der Waals surface area contributed by atoms with Crippen LogP contribution in [0.3, 0.4) is 0 Å². The van der Waals surface area contributed by atoms with Crippen LogP contribution >= 0.6 is 0 Å². The maximum atomic E-state index is 12.8. The number of amides is 1. The number of benzene rings is 1. The van der Waals surface area contributed by atoms with Crippen LogP contribution in [-0.4, -0.2) is 51.9 Å². The normalized spacial score (nSPS) is 15.1. The van der Waals surface area contributed by atoms with E-state index >= 15 is 0 Å². The molecule has 4 rings (SSSR count). The van der Waals surface area contributed by atoms with Crippen LogP contribution in [0.25, 0.3) is 10.9 Å². The number of aryl methyl sites for hydroxylation is 1. The second-order valence-corrected chi connectivity index (χ2v) is 6.60. The molecule has 0 aliphatic carbocycles. The second-order valence-electron chi connectivity index (χ2n) is 6.60. The Kier molecular flexibility index (Phi) is 4.48. The van der Waals surface area contributed by atoms with Crippen LogP contribution in [0.5, 0.6) is 0 Å². The molecule has 1 aliphatic heterocycles. The van der Waals surface area contributed by atoms with Crippen molar-refractivity contribution >= 4 is 22.6 Å². The summed E-state index contributed by atoms with van der Waals surface area (Å²) < 4.78 is 0. The molecule has 132 valence electrons. The maximum Gasteiger partial charge on any atom is 0.255 e. The van der Waals surface area contributed by atoms with E-state index in [1.807, 2.05) is 36.1 Å². The molecule has 2 aromatic heterocycles. The Morgan fingerprint density at radius 2 is 1.92 bits per heavy atom. The Hall–Kier alpha value is -3.02. The van der Waals surface area contributed by atoms with Gasteiger partial charge in [-0.1, -0.05) is 12.1 Å². The fourth-order valence-electron chi connectivity index (χ4n) is 3.43. The summed E-state index contributed by atoms with van der Waals surface area (Å²) >= 11 is 0. The van der Waals surface area contributed by atoms with E-state index in [4.69, 9.17) is 0 Å². The van der Waals surface area contributed by atoms with Crippen molar-refractivity contribution in [2.75, 3.05) is 31.1 Å². The van der Waals surface area contributed by atoms with Gasteiger partial charge in [0.15, 0.2) is 0 Å². The van der Waals surface area contributed by atoms with Crippen LogP contribution in [0.2, 0.25) is 0 Å². The summed E-state index contributed by atoms with van der Waals surface area (Å²) in [5.41, 5.74) is 2.60. The van der Waals surface area contributed by atoms with E-state index in [0.717, 1.165) is 48.3 Å². The van der Waals surface area contributed by atoms with Gasteiger partial charge in [0.1, 0.15) is 12.1 Å². The van der Waals surface area contributed by atoms with Gasteiger partial charge in [0, 0.05) is 44.0 Å². The fourth-order valence-corrected chi connectivity index (χ4v) is 3.43. The lowest BCUT2D eigenvalue weighted by atomic mass is 10.2. The first-order chi connectivity index (χ1) is 12.7. The Morgan fingerprint density at radius 3 is 2.81 bits per heavy atom. The lowest BCUT2D eigenvalue weighted by Crippen LogP contribution is -2.35. The van der Waals surface area contributed by atoms with Gasteiger partial charge >= 0.3 is 0 Å². The molecular formula is C20H21N5O. The van der Waals surface area contributed by atoms with Crippen molar-refractivity contribution in [2.45, 2.75) is 13.3 Å². The van der Waals surface area contributed by atoms with Crippen molar-refractivity contribution in [2.24, 2.45) is 0 Å². The minimum Gasteiger partial charge on any atom is -0.354 e. The summed E-state index contributed by atoms with van der Waals surface area (Å²) in [5, 5.41) is 1.05. The van der Waals surface area contributed by atoms with Gasteiger partial charge in [-0.25, -0.2) is 9.97 Å². The number of hydrogen-bond donors (Lipinski definition) is 0. The van der Waals surface area contributed by atoms with Crippen molar-refractivity contribution in [3.63, 3.8) is 0 Å². The minimum atomic E-state index is 0.0515. The van der Waals surface area contributed by atoms with Crippen LogP contribution in [0, 0.1) is 6.92 Å². The Morgan fingerprint density at radius 1 is 1.04 bits per heavy atom. The van der Waals surface area contributed by atoms with Gasteiger partial charge in [0.2, 0.25) is 0 Å². The van der Waals surface area contributed by atoms with Crippen LogP contribution in [0.1, 0.15) is 22.3 Å². The molecule has 0 atom stereocenters. The topological polar surface area (TPSA) is 62.2 Å². The van der Waals surface area contributed by atoms with Gasteiger partial charge < -0.3 is 9.80 Å². The second kappa shape index (κ2) is 7.07. The number of carbonyl (C=O) groups is 1. The first-order valence-corrected chi connectivity index (χ1v) is 8.88. The Balaban J connectivity index is 1.54. The summed E-state index contributed by atoms with van der Waals surface area (Å²) in [4.78, 5) is 30.0. The standard InChI is InChI=1S/C20H21N5O/c1-15-11-16(13-21-12-15)20(26)25-8-4-7-24(9-10-25)19-17-5-2-3-6-18(17)22-14-23-19/h2-3,5-6,11-14H,4,7-10H2,1H3. The molecule has 1 saturated heterocycles. The highest BCUT2D eigenvalue weighted by molar-refractivity contribution is 5.94. The molecule has 1 aliphatic rings. The third-order valence-electron chi connectivity index (χ3n) is 4.73. The molecule has 26 heavy (non-hydrogen) atoms. The zero-order valence-corrected chi connectivity index (χ0v) is 14.8. The third kappa shape index (κ3) is 3.22. The molecule has 3 aromatic rings. The number of fused-ring (bicyclic) bond motifs is 1. The van der Waals surface area contributed by atoms with Crippen molar-refractivity contribution in [1.82, 2.24) is 19.9 Å².